The van der Waals surface area contributed by atoms with Gasteiger partial charge in [0, 0.05) is 23.7 Å². The maximum absolute atomic E-state index is 10.9. The van der Waals surface area contributed by atoms with Crippen molar-refractivity contribution in [3.05, 3.63) is 29.3 Å². The van der Waals surface area contributed by atoms with Crippen molar-refractivity contribution in [3.8, 4) is 5.75 Å². The molecule has 0 aromatic heterocycles. The summed E-state index contributed by atoms with van der Waals surface area (Å²) in [5, 5.41) is 0. The monoisotopic (exact) mass is 261 g/mol. The lowest BCUT2D eigenvalue weighted by atomic mass is 9.98. The van der Waals surface area contributed by atoms with E-state index in [9.17, 15) is 4.79 Å². The van der Waals surface area contributed by atoms with Crippen molar-refractivity contribution < 1.29 is 9.53 Å². The molecule has 0 radical (unpaired) electrons. The molecule has 1 aromatic carbocycles. The predicted octanol–water partition coefficient (Wildman–Crippen LogP) is 3.27. The SMILES string of the molecule is CCC1CCCCN1Cc1cc(C=O)ccc1OC. The number of aldehydes is 1. The summed E-state index contributed by atoms with van der Waals surface area (Å²) in [5.74, 6) is 0.881. The van der Waals surface area contributed by atoms with Crippen LogP contribution < -0.4 is 4.74 Å². The van der Waals surface area contributed by atoms with Crippen molar-refractivity contribution in [2.24, 2.45) is 0 Å². The van der Waals surface area contributed by atoms with Crippen LogP contribution in [0.5, 0.6) is 5.75 Å². The molecule has 1 unspecified atom stereocenters. The van der Waals surface area contributed by atoms with Crippen molar-refractivity contribution >= 4 is 6.29 Å². The second-order valence-electron chi connectivity index (χ2n) is 5.22. The molecule has 19 heavy (non-hydrogen) atoms. The lowest BCUT2D eigenvalue weighted by Crippen LogP contribution is -2.38. The molecule has 1 aromatic rings. The number of carbonyl (C=O) groups is 1. The van der Waals surface area contributed by atoms with Crippen LogP contribution in [-0.2, 0) is 6.54 Å². The van der Waals surface area contributed by atoms with Gasteiger partial charge in [0.05, 0.1) is 7.11 Å². The molecule has 1 saturated heterocycles. The van der Waals surface area contributed by atoms with Crippen LogP contribution in [0.15, 0.2) is 18.2 Å². The van der Waals surface area contributed by atoms with Gasteiger partial charge in [-0.3, -0.25) is 9.69 Å². The van der Waals surface area contributed by atoms with Gasteiger partial charge in [0.1, 0.15) is 12.0 Å². The van der Waals surface area contributed by atoms with Crippen LogP contribution in [0.25, 0.3) is 0 Å². The molecule has 0 bridgehead atoms. The van der Waals surface area contributed by atoms with Crippen molar-refractivity contribution in [2.75, 3.05) is 13.7 Å². The maximum Gasteiger partial charge on any atom is 0.150 e. The Kier molecular flexibility index (Phi) is 4.97. The van der Waals surface area contributed by atoms with E-state index in [1.165, 1.54) is 25.7 Å². The number of likely N-dealkylation sites (tertiary alicyclic amines) is 1. The molecule has 3 nitrogen and oxygen atoms in total. The minimum absolute atomic E-state index is 0.665. The quantitative estimate of drug-likeness (QED) is 0.762. The highest BCUT2D eigenvalue weighted by molar-refractivity contribution is 5.75. The number of hydrogen-bond donors (Lipinski definition) is 0. The molecule has 0 spiro atoms. The fourth-order valence-electron chi connectivity index (χ4n) is 2.94. The van der Waals surface area contributed by atoms with E-state index in [4.69, 9.17) is 4.74 Å². The number of rotatable bonds is 5. The molecule has 1 aliphatic rings. The van der Waals surface area contributed by atoms with Crippen molar-refractivity contribution in [3.63, 3.8) is 0 Å². The number of nitrogens with zero attached hydrogens (tertiary/aromatic N) is 1. The first-order valence-electron chi connectivity index (χ1n) is 7.14. The van der Waals surface area contributed by atoms with E-state index in [1.54, 1.807) is 7.11 Å². The van der Waals surface area contributed by atoms with E-state index in [1.807, 2.05) is 18.2 Å². The van der Waals surface area contributed by atoms with Gasteiger partial charge >= 0.3 is 0 Å². The fourth-order valence-corrected chi connectivity index (χ4v) is 2.94. The van der Waals surface area contributed by atoms with Crippen LogP contribution in [0.3, 0.4) is 0 Å². The second-order valence-corrected chi connectivity index (χ2v) is 5.22. The molecule has 0 amide bonds. The van der Waals surface area contributed by atoms with E-state index in [0.29, 0.717) is 6.04 Å². The average molecular weight is 261 g/mol. The summed E-state index contributed by atoms with van der Waals surface area (Å²) in [5.41, 5.74) is 1.84. The molecular weight excluding hydrogens is 238 g/mol. The third-order valence-electron chi connectivity index (χ3n) is 4.03. The summed E-state index contributed by atoms with van der Waals surface area (Å²) in [6.45, 7) is 4.28. The normalized spacial score (nSPS) is 20.2. The first-order valence-corrected chi connectivity index (χ1v) is 7.14. The fraction of sp³-hybridized carbons (Fsp3) is 0.562. The van der Waals surface area contributed by atoms with Gasteiger partial charge < -0.3 is 4.74 Å². The number of ether oxygens (including phenoxy) is 1. The van der Waals surface area contributed by atoms with Crippen molar-refractivity contribution in [1.29, 1.82) is 0 Å². The van der Waals surface area contributed by atoms with E-state index >= 15 is 0 Å². The molecule has 1 aliphatic heterocycles. The van der Waals surface area contributed by atoms with Crippen molar-refractivity contribution in [2.45, 2.75) is 45.2 Å². The minimum atomic E-state index is 0.665. The molecule has 104 valence electrons. The topological polar surface area (TPSA) is 29.5 Å². The lowest BCUT2D eigenvalue weighted by Gasteiger charge is -2.35. The number of benzene rings is 1. The summed E-state index contributed by atoms with van der Waals surface area (Å²) < 4.78 is 5.41. The molecule has 0 N–H and O–H groups in total. The third kappa shape index (κ3) is 3.35. The second kappa shape index (κ2) is 6.71. The average Bonchev–Trinajstić information content (AvgIpc) is 2.47. The van der Waals surface area contributed by atoms with Crippen LogP contribution in [0, 0.1) is 0 Å². The summed E-state index contributed by atoms with van der Waals surface area (Å²) in [7, 11) is 1.69. The molecular formula is C16H23NO2. The van der Waals surface area contributed by atoms with Gasteiger partial charge in [-0.05, 0) is 44.0 Å². The molecule has 1 heterocycles. The number of piperidine rings is 1. The number of carbonyl (C=O) groups excluding carboxylic acids is 1. The van der Waals surface area contributed by atoms with Gasteiger partial charge in [-0.25, -0.2) is 0 Å². The molecule has 1 atom stereocenters. The van der Waals surface area contributed by atoms with Gasteiger partial charge in [-0.2, -0.15) is 0 Å². The zero-order chi connectivity index (χ0) is 13.7. The summed E-state index contributed by atoms with van der Waals surface area (Å²) in [6.07, 6.45) is 5.98. The first kappa shape index (κ1) is 14.1. The van der Waals surface area contributed by atoms with Gasteiger partial charge in [0.2, 0.25) is 0 Å². The third-order valence-corrected chi connectivity index (χ3v) is 4.03. The maximum atomic E-state index is 10.9. The Morgan fingerprint density at radius 1 is 1.42 bits per heavy atom. The van der Waals surface area contributed by atoms with E-state index in [0.717, 1.165) is 36.3 Å². The predicted molar refractivity (Wildman–Crippen MR) is 76.7 cm³/mol. The Hall–Kier alpha value is -1.35. The number of methoxy groups -OCH3 is 1. The van der Waals surface area contributed by atoms with E-state index < -0.39 is 0 Å². The van der Waals surface area contributed by atoms with Crippen LogP contribution in [0.1, 0.15) is 48.5 Å². The highest BCUT2D eigenvalue weighted by Crippen LogP contribution is 2.26. The largest absolute Gasteiger partial charge is 0.496 e. The first-order chi connectivity index (χ1) is 9.28. The molecule has 0 saturated carbocycles. The van der Waals surface area contributed by atoms with Crippen LogP contribution in [0.4, 0.5) is 0 Å². The standard InChI is InChI=1S/C16H23NO2/c1-3-15-6-4-5-9-17(15)11-14-10-13(12-18)7-8-16(14)19-2/h7-8,10,12,15H,3-6,9,11H2,1-2H3. The Labute approximate surface area is 115 Å². The Morgan fingerprint density at radius 2 is 2.26 bits per heavy atom. The van der Waals surface area contributed by atoms with Gasteiger partial charge in [-0.15, -0.1) is 0 Å². The molecule has 0 aliphatic carbocycles. The van der Waals surface area contributed by atoms with Crippen LogP contribution in [-0.4, -0.2) is 30.9 Å². The summed E-state index contributed by atoms with van der Waals surface area (Å²) in [4.78, 5) is 13.4. The molecule has 1 fully saturated rings. The van der Waals surface area contributed by atoms with Crippen LogP contribution in [0.2, 0.25) is 0 Å². The Morgan fingerprint density at radius 3 is 2.95 bits per heavy atom. The number of hydrogen-bond acceptors (Lipinski definition) is 3. The zero-order valence-electron chi connectivity index (χ0n) is 11.9. The van der Waals surface area contributed by atoms with E-state index in [2.05, 4.69) is 11.8 Å². The molecule has 3 heteroatoms. The minimum Gasteiger partial charge on any atom is -0.496 e. The van der Waals surface area contributed by atoms with Gasteiger partial charge in [0.15, 0.2) is 0 Å². The zero-order valence-corrected chi connectivity index (χ0v) is 11.9. The highest BCUT2D eigenvalue weighted by Gasteiger charge is 2.21. The molecule has 2 rings (SSSR count). The summed E-state index contributed by atoms with van der Waals surface area (Å²) in [6, 6.07) is 6.32. The Bertz CT molecular complexity index is 431. The van der Waals surface area contributed by atoms with Gasteiger partial charge in [0.25, 0.3) is 0 Å². The van der Waals surface area contributed by atoms with Crippen molar-refractivity contribution in [1.82, 2.24) is 4.90 Å². The lowest BCUT2D eigenvalue weighted by molar-refractivity contribution is 0.112. The summed E-state index contributed by atoms with van der Waals surface area (Å²) >= 11 is 0. The Balaban J connectivity index is 2.18. The van der Waals surface area contributed by atoms with E-state index in [-0.39, 0.29) is 0 Å². The van der Waals surface area contributed by atoms with Gasteiger partial charge in [-0.1, -0.05) is 13.3 Å². The smallest absolute Gasteiger partial charge is 0.150 e. The van der Waals surface area contributed by atoms with Crippen LogP contribution >= 0.6 is 0 Å². The highest BCUT2D eigenvalue weighted by atomic mass is 16.5.